The van der Waals surface area contributed by atoms with Crippen molar-refractivity contribution in [2.24, 2.45) is 0 Å². The lowest BCUT2D eigenvalue weighted by Gasteiger charge is -2.13. The summed E-state index contributed by atoms with van der Waals surface area (Å²) in [5.41, 5.74) is 12.3. The van der Waals surface area contributed by atoms with E-state index in [2.05, 4.69) is 153 Å². The molecule has 0 aliphatic carbocycles. The van der Waals surface area contributed by atoms with Crippen molar-refractivity contribution >= 4 is 38.4 Å². The third-order valence-corrected chi connectivity index (χ3v) is 9.60. The van der Waals surface area contributed by atoms with E-state index in [-0.39, 0.29) is 0 Å². The van der Waals surface area contributed by atoms with Crippen LogP contribution in [0.1, 0.15) is 5.69 Å². The van der Waals surface area contributed by atoms with E-state index >= 15 is 0 Å². The normalized spacial score (nSPS) is 11.1. The summed E-state index contributed by atoms with van der Waals surface area (Å²) in [7, 11) is 0. The molecule has 0 spiro atoms. The highest BCUT2D eigenvalue weighted by Crippen LogP contribution is 2.43. The molecule has 0 saturated carbocycles. The number of fused-ring (bicyclic) bond motifs is 5. The summed E-state index contributed by atoms with van der Waals surface area (Å²) in [5, 5.41) is 14.1. The molecule has 5 heteroatoms. The molecule has 0 saturated heterocycles. The van der Waals surface area contributed by atoms with Gasteiger partial charge in [0.1, 0.15) is 18.0 Å². The molecule has 0 unspecified atom stereocenters. The Kier molecular flexibility index (Phi) is 7.17. The van der Waals surface area contributed by atoms with E-state index in [0.717, 1.165) is 61.2 Å². The van der Waals surface area contributed by atoms with Crippen molar-refractivity contribution in [3.8, 4) is 56.3 Å². The molecule has 51 heavy (non-hydrogen) atoms. The number of hydrogen-bond acceptors (Lipinski definition) is 3. The van der Waals surface area contributed by atoms with E-state index in [0.29, 0.717) is 11.5 Å². The number of aromatic nitrogens is 3. The van der Waals surface area contributed by atoms with E-state index < -0.39 is 0 Å². The van der Waals surface area contributed by atoms with Crippen molar-refractivity contribution in [2.75, 3.05) is 0 Å². The Morgan fingerprint density at radius 3 is 1.78 bits per heavy atom. The molecule has 0 aliphatic rings. The first kappa shape index (κ1) is 29.8. The molecule has 0 N–H and O–H groups in total. The fourth-order valence-electron chi connectivity index (χ4n) is 7.18. The Balaban J connectivity index is 1.22. The lowest BCUT2D eigenvalue weighted by Crippen LogP contribution is -1.94. The van der Waals surface area contributed by atoms with Crippen LogP contribution in [0.3, 0.4) is 0 Å². The molecule has 0 radical (unpaired) electrons. The highest BCUT2D eigenvalue weighted by atomic mass is 15.0. The van der Waals surface area contributed by atoms with E-state index in [1.165, 1.54) is 21.5 Å². The minimum absolute atomic E-state index is 0.391. The van der Waals surface area contributed by atoms with Gasteiger partial charge in [0.2, 0.25) is 0 Å². The van der Waals surface area contributed by atoms with Crippen LogP contribution in [-0.2, 0) is 0 Å². The molecule has 0 atom stereocenters. The number of nitrogens with zero attached hydrogens (tertiary/aromatic N) is 5. The predicted molar refractivity (Wildman–Crippen MR) is 207 cm³/mol. The Morgan fingerprint density at radius 2 is 1.10 bits per heavy atom. The first-order valence-corrected chi connectivity index (χ1v) is 16.7. The van der Waals surface area contributed by atoms with Crippen molar-refractivity contribution < 1.29 is 0 Å². The summed E-state index contributed by atoms with van der Waals surface area (Å²) in [6.07, 6.45) is 3.37. The van der Waals surface area contributed by atoms with Crippen molar-refractivity contribution in [3.63, 3.8) is 0 Å². The van der Waals surface area contributed by atoms with Crippen LogP contribution < -0.4 is 0 Å². The molecule has 0 amide bonds. The highest BCUT2D eigenvalue weighted by molar-refractivity contribution is 6.24. The van der Waals surface area contributed by atoms with Crippen LogP contribution in [0.4, 0.5) is 5.82 Å². The standard InChI is InChI=1S/C46H27N5/c1-48-45-27-36(22-24-50-45)32-15-17-33(18-16-32)42-28-44-46(40-10-6-5-9-39(40)42)41-20-19-34(26-43(41)51(44)38-7-3-2-4-8-38)30-11-13-31(14-12-30)35-21-23-49-37(25-35)29-47/h2-28H. The maximum Gasteiger partial charge on any atom is 0.270 e. The van der Waals surface area contributed by atoms with Crippen LogP contribution in [-0.4, -0.2) is 14.5 Å². The summed E-state index contributed by atoms with van der Waals surface area (Å²) in [5.74, 6) is 0.391. The molecule has 0 fully saturated rings. The second kappa shape index (κ2) is 12.3. The maximum atomic E-state index is 9.32. The minimum atomic E-state index is 0.391. The number of para-hydroxylation sites is 1. The van der Waals surface area contributed by atoms with E-state index in [1.807, 2.05) is 24.3 Å². The molecule has 236 valence electrons. The molecular formula is C46H27N5. The van der Waals surface area contributed by atoms with Gasteiger partial charge in [0, 0.05) is 22.7 Å². The number of rotatable bonds is 5. The number of benzene rings is 6. The Bertz CT molecular complexity index is 2850. The Labute approximate surface area is 294 Å². The SMILES string of the molecule is [C-]#[N+]c1cc(-c2ccc(-c3cc4c(c5ccccc35)c3ccc(-c5ccc(-c6ccnc(C#N)c6)cc5)cc3n4-c3ccccc3)cc2)ccn1. The van der Waals surface area contributed by atoms with Crippen molar-refractivity contribution in [3.05, 3.63) is 181 Å². The first-order valence-electron chi connectivity index (χ1n) is 16.7. The zero-order valence-corrected chi connectivity index (χ0v) is 27.3. The lowest BCUT2D eigenvalue weighted by molar-refractivity contribution is 1.18. The van der Waals surface area contributed by atoms with Crippen LogP contribution in [0, 0.1) is 17.9 Å². The molecule has 9 rings (SSSR count). The quantitative estimate of drug-likeness (QED) is 0.174. The fourth-order valence-corrected chi connectivity index (χ4v) is 7.18. The average Bonchev–Trinajstić information content (AvgIpc) is 3.54. The van der Waals surface area contributed by atoms with Crippen LogP contribution in [0.25, 0.3) is 87.6 Å². The lowest BCUT2D eigenvalue weighted by atomic mass is 9.93. The number of hydrogen-bond donors (Lipinski definition) is 0. The topological polar surface area (TPSA) is 58.9 Å². The number of nitriles is 1. The van der Waals surface area contributed by atoms with E-state index in [9.17, 15) is 5.26 Å². The summed E-state index contributed by atoms with van der Waals surface area (Å²) < 4.78 is 2.39. The summed E-state index contributed by atoms with van der Waals surface area (Å²) in [4.78, 5) is 11.8. The van der Waals surface area contributed by atoms with Crippen molar-refractivity contribution in [1.29, 1.82) is 5.26 Å². The van der Waals surface area contributed by atoms with Gasteiger partial charge in [-0.2, -0.15) is 5.26 Å². The van der Waals surface area contributed by atoms with Crippen molar-refractivity contribution in [2.45, 2.75) is 0 Å². The molecule has 9 aromatic rings. The van der Waals surface area contributed by atoms with Gasteiger partial charge in [-0.05, 0) is 104 Å². The first-order chi connectivity index (χ1) is 25.2. The molecular weight excluding hydrogens is 623 g/mol. The van der Waals surface area contributed by atoms with E-state index in [4.69, 9.17) is 6.57 Å². The van der Waals surface area contributed by atoms with Gasteiger partial charge in [0.05, 0.1) is 11.0 Å². The van der Waals surface area contributed by atoms with Gasteiger partial charge in [-0.15, -0.1) is 4.98 Å². The van der Waals surface area contributed by atoms with Gasteiger partial charge in [-0.25, -0.2) is 4.98 Å². The molecule has 3 heterocycles. The predicted octanol–water partition coefficient (Wildman–Crippen LogP) is 11.8. The fraction of sp³-hybridized carbons (Fsp3) is 0. The Hall–Kier alpha value is -7.34. The maximum absolute atomic E-state index is 9.32. The summed E-state index contributed by atoms with van der Waals surface area (Å²) in [6, 6.07) is 55.1. The van der Waals surface area contributed by atoms with Crippen LogP contribution in [0.15, 0.2) is 164 Å². The second-order valence-electron chi connectivity index (χ2n) is 12.5. The van der Waals surface area contributed by atoms with Crippen LogP contribution >= 0.6 is 0 Å². The molecule has 0 bridgehead atoms. The zero-order valence-electron chi connectivity index (χ0n) is 27.3. The van der Waals surface area contributed by atoms with Crippen molar-refractivity contribution in [1.82, 2.24) is 14.5 Å². The zero-order chi connectivity index (χ0) is 34.3. The third kappa shape index (κ3) is 5.18. The van der Waals surface area contributed by atoms with E-state index in [1.54, 1.807) is 12.4 Å². The van der Waals surface area contributed by atoms with Gasteiger partial charge in [0.25, 0.3) is 5.82 Å². The summed E-state index contributed by atoms with van der Waals surface area (Å²) >= 11 is 0. The highest BCUT2D eigenvalue weighted by Gasteiger charge is 2.19. The van der Waals surface area contributed by atoms with Gasteiger partial charge in [-0.3, -0.25) is 0 Å². The molecule has 3 aromatic heterocycles. The molecule has 0 aliphatic heterocycles. The smallest absolute Gasteiger partial charge is 0.270 e. The molecule has 5 nitrogen and oxygen atoms in total. The monoisotopic (exact) mass is 649 g/mol. The Morgan fingerprint density at radius 1 is 0.510 bits per heavy atom. The van der Waals surface area contributed by atoms with Gasteiger partial charge < -0.3 is 9.41 Å². The summed E-state index contributed by atoms with van der Waals surface area (Å²) in [6.45, 7) is 7.37. The average molecular weight is 650 g/mol. The minimum Gasteiger partial charge on any atom is -0.361 e. The second-order valence-corrected chi connectivity index (χ2v) is 12.5. The molecule has 6 aromatic carbocycles. The van der Waals surface area contributed by atoms with Gasteiger partial charge in [-0.1, -0.05) is 110 Å². The van der Waals surface area contributed by atoms with Gasteiger partial charge >= 0.3 is 0 Å². The van der Waals surface area contributed by atoms with Gasteiger partial charge in [0.15, 0.2) is 0 Å². The largest absolute Gasteiger partial charge is 0.361 e. The third-order valence-electron chi connectivity index (χ3n) is 9.60. The van der Waals surface area contributed by atoms with Crippen LogP contribution in [0.5, 0.6) is 0 Å². The number of pyridine rings is 2. The van der Waals surface area contributed by atoms with Crippen LogP contribution in [0.2, 0.25) is 0 Å².